The van der Waals surface area contributed by atoms with E-state index in [0.717, 1.165) is 27.9 Å². The van der Waals surface area contributed by atoms with Crippen LogP contribution in [0.5, 0.6) is 0 Å². The lowest BCUT2D eigenvalue weighted by atomic mass is 9.90. The summed E-state index contributed by atoms with van der Waals surface area (Å²) in [5.41, 5.74) is 5.86. The van der Waals surface area contributed by atoms with Gasteiger partial charge in [-0.15, -0.1) is 0 Å². The highest BCUT2D eigenvalue weighted by molar-refractivity contribution is 6.04. The minimum absolute atomic E-state index is 0.255. The van der Waals surface area contributed by atoms with Crippen molar-refractivity contribution in [3.8, 4) is 28.5 Å². The lowest BCUT2D eigenvalue weighted by Crippen LogP contribution is -2.18. The highest BCUT2D eigenvalue weighted by atomic mass is 16.1. The molecule has 1 N–H and O–H groups in total. The molecule has 1 aromatic carbocycles. The number of anilines is 1. The van der Waals surface area contributed by atoms with E-state index in [1.807, 2.05) is 49.4 Å². The molecule has 3 aromatic heterocycles. The van der Waals surface area contributed by atoms with Crippen LogP contribution in [0.1, 0.15) is 35.5 Å². The van der Waals surface area contributed by atoms with Crippen LogP contribution >= 0.6 is 0 Å². The minimum Gasteiger partial charge on any atom is -0.322 e. The van der Waals surface area contributed by atoms with E-state index in [1.54, 1.807) is 50.8 Å². The Labute approximate surface area is 193 Å². The number of carbonyl (C=O) groups excluding carboxylic acids is 1. The largest absolute Gasteiger partial charge is 0.322 e. The van der Waals surface area contributed by atoms with Crippen LogP contribution in [0.15, 0.2) is 79.4 Å². The van der Waals surface area contributed by atoms with Gasteiger partial charge in [-0.1, -0.05) is 6.07 Å². The maximum Gasteiger partial charge on any atom is 0.255 e. The molecule has 0 bridgehead atoms. The normalized spacial score (nSPS) is 11.0. The molecule has 1 amide bonds. The van der Waals surface area contributed by atoms with Crippen molar-refractivity contribution >= 4 is 11.6 Å². The lowest BCUT2D eigenvalue weighted by Gasteiger charge is -2.15. The summed E-state index contributed by atoms with van der Waals surface area (Å²) in [7, 11) is 0. The van der Waals surface area contributed by atoms with Crippen molar-refractivity contribution in [2.75, 3.05) is 5.32 Å². The molecule has 0 spiro atoms. The molecule has 0 saturated carbocycles. The van der Waals surface area contributed by atoms with Crippen LogP contribution < -0.4 is 5.32 Å². The Morgan fingerprint density at radius 1 is 0.909 bits per heavy atom. The molecule has 33 heavy (non-hydrogen) atoms. The zero-order chi connectivity index (χ0) is 23.4. The van der Waals surface area contributed by atoms with Gasteiger partial charge < -0.3 is 5.32 Å². The third-order valence-corrected chi connectivity index (χ3v) is 5.48. The number of nitrogens with zero attached hydrogens (tertiary/aromatic N) is 4. The van der Waals surface area contributed by atoms with Crippen molar-refractivity contribution in [2.24, 2.45) is 0 Å². The molecule has 0 aliphatic heterocycles. The molecule has 0 saturated heterocycles. The summed E-state index contributed by atoms with van der Waals surface area (Å²) in [6.45, 7) is 5.59. The topological polar surface area (TPSA) is 91.6 Å². The Balaban J connectivity index is 1.62. The summed E-state index contributed by atoms with van der Waals surface area (Å²) in [5, 5.41) is 12.3. The molecule has 6 heteroatoms. The number of hydrogen-bond donors (Lipinski definition) is 1. The van der Waals surface area contributed by atoms with Crippen LogP contribution in [-0.2, 0) is 5.41 Å². The summed E-state index contributed by atoms with van der Waals surface area (Å²) >= 11 is 0. The summed E-state index contributed by atoms with van der Waals surface area (Å²) in [6, 6.07) is 19.2. The van der Waals surface area contributed by atoms with Crippen LogP contribution in [0.25, 0.3) is 22.4 Å². The molecule has 0 fully saturated rings. The van der Waals surface area contributed by atoms with Crippen LogP contribution in [0.3, 0.4) is 0 Å². The number of aromatic nitrogens is 3. The average Bonchev–Trinajstić information content (AvgIpc) is 2.86. The van der Waals surface area contributed by atoms with Gasteiger partial charge in [-0.25, -0.2) is 0 Å². The van der Waals surface area contributed by atoms with Crippen molar-refractivity contribution in [1.82, 2.24) is 15.0 Å². The number of aryl methyl sites for hydroxylation is 1. The molecule has 4 rings (SSSR count). The second-order valence-corrected chi connectivity index (χ2v) is 8.32. The zero-order valence-corrected chi connectivity index (χ0v) is 18.7. The minimum atomic E-state index is -0.777. The van der Waals surface area contributed by atoms with Gasteiger partial charge in [0.2, 0.25) is 0 Å². The number of carbonyl (C=O) groups is 1. The standard InChI is InChI=1S/C27H23N5O/c1-18-4-5-22(32-26(33)21-9-13-31-25(15-21)27(2,3)17-28)16-23(18)20-8-12-30-24(14-20)19-6-10-29-11-7-19/h4-16H,1-3H3,(H,32,33). The van der Waals surface area contributed by atoms with E-state index in [1.165, 1.54) is 0 Å². The van der Waals surface area contributed by atoms with Gasteiger partial charge in [0.1, 0.15) is 0 Å². The molecular formula is C27H23N5O. The maximum absolute atomic E-state index is 12.9. The Morgan fingerprint density at radius 2 is 1.64 bits per heavy atom. The van der Waals surface area contributed by atoms with Crippen molar-refractivity contribution in [3.63, 3.8) is 0 Å². The molecular weight excluding hydrogens is 410 g/mol. The fourth-order valence-corrected chi connectivity index (χ4v) is 3.46. The number of amides is 1. The molecule has 6 nitrogen and oxygen atoms in total. The van der Waals surface area contributed by atoms with Gasteiger partial charge in [0.15, 0.2) is 0 Å². The first-order valence-corrected chi connectivity index (χ1v) is 10.5. The highest BCUT2D eigenvalue weighted by Crippen LogP contribution is 2.29. The molecule has 4 aromatic rings. The van der Waals surface area contributed by atoms with Gasteiger partial charge in [-0.3, -0.25) is 19.7 Å². The van der Waals surface area contributed by atoms with E-state index in [4.69, 9.17) is 0 Å². The van der Waals surface area contributed by atoms with E-state index in [2.05, 4.69) is 26.3 Å². The lowest BCUT2D eigenvalue weighted by molar-refractivity contribution is 0.102. The van der Waals surface area contributed by atoms with Crippen molar-refractivity contribution < 1.29 is 4.79 Å². The Kier molecular flexibility index (Phi) is 5.97. The van der Waals surface area contributed by atoms with Crippen LogP contribution in [-0.4, -0.2) is 20.9 Å². The molecule has 0 aliphatic carbocycles. The third-order valence-electron chi connectivity index (χ3n) is 5.48. The van der Waals surface area contributed by atoms with Crippen LogP contribution in [0.2, 0.25) is 0 Å². The SMILES string of the molecule is Cc1ccc(NC(=O)c2ccnc(C(C)(C)C#N)c2)cc1-c1ccnc(-c2ccncc2)c1. The molecule has 0 radical (unpaired) electrons. The summed E-state index contributed by atoms with van der Waals surface area (Å²) in [6.07, 6.45) is 6.83. The number of nitrogens with one attached hydrogen (secondary N) is 1. The van der Waals surface area contributed by atoms with Crippen LogP contribution in [0.4, 0.5) is 5.69 Å². The first-order chi connectivity index (χ1) is 15.9. The number of rotatable bonds is 5. The second-order valence-electron chi connectivity index (χ2n) is 8.32. The predicted molar refractivity (Wildman–Crippen MR) is 128 cm³/mol. The monoisotopic (exact) mass is 433 g/mol. The Hall–Kier alpha value is -4.37. The summed E-state index contributed by atoms with van der Waals surface area (Å²) < 4.78 is 0. The first kappa shape index (κ1) is 21.8. The maximum atomic E-state index is 12.9. The molecule has 0 aliphatic rings. The van der Waals surface area contributed by atoms with E-state index >= 15 is 0 Å². The molecule has 162 valence electrons. The number of hydrogen-bond acceptors (Lipinski definition) is 5. The molecule has 0 atom stereocenters. The van der Waals surface area contributed by atoms with Crippen LogP contribution in [0, 0.1) is 18.3 Å². The van der Waals surface area contributed by atoms with Crippen molar-refractivity contribution in [2.45, 2.75) is 26.2 Å². The Morgan fingerprint density at radius 3 is 2.39 bits per heavy atom. The number of benzene rings is 1. The third kappa shape index (κ3) is 4.78. The quantitative estimate of drug-likeness (QED) is 0.444. The zero-order valence-electron chi connectivity index (χ0n) is 18.7. The van der Waals surface area contributed by atoms with Crippen molar-refractivity contribution in [1.29, 1.82) is 5.26 Å². The number of nitriles is 1. The molecule has 0 unspecified atom stereocenters. The van der Waals surface area contributed by atoms with E-state index in [9.17, 15) is 10.1 Å². The second kappa shape index (κ2) is 9.01. The van der Waals surface area contributed by atoms with Gasteiger partial charge in [0.05, 0.1) is 22.9 Å². The van der Waals surface area contributed by atoms with Gasteiger partial charge in [-0.05, 0) is 86.0 Å². The summed E-state index contributed by atoms with van der Waals surface area (Å²) in [5.74, 6) is -0.255. The summed E-state index contributed by atoms with van der Waals surface area (Å²) in [4.78, 5) is 25.7. The van der Waals surface area contributed by atoms with Gasteiger partial charge in [0, 0.05) is 41.6 Å². The van der Waals surface area contributed by atoms with E-state index in [-0.39, 0.29) is 5.91 Å². The predicted octanol–water partition coefficient (Wildman–Crippen LogP) is 5.57. The highest BCUT2D eigenvalue weighted by Gasteiger charge is 2.22. The van der Waals surface area contributed by atoms with Gasteiger partial charge in [0.25, 0.3) is 5.91 Å². The number of pyridine rings is 3. The van der Waals surface area contributed by atoms with Gasteiger partial charge >= 0.3 is 0 Å². The average molecular weight is 434 g/mol. The first-order valence-electron chi connectivity index (χ1n) is 10.5. The fourth-order valence-electron chi connectivity index (χ4n) is 3.46. The van der Waals surface area contributed by atoms with E-state index in [0.29, 0.717) is 16.9 Å². The fraction of sp³-hybridized carbons (Fsp3) is 0.148. The van der Waals surface area contributed by atoms with E-state index < -0.39 is 5.41 Å². The Bertz CT molecular complexity index is 1360. The molecule has 3 heterocycles. The van der Waals surface area contributed by atoms with Crippen molar-refractivity contribution in [3.05, 3.63) is 96.2 Å². The van der Waals surface area contributed by atoms with Gasteiger partial charge in [-0.2, -0.15) is 5.26 Å². The smallest absolute Gasteiger partial charge is 0.255 e.